The third-order valence-electron chi connectivity index (χ3n) is 7.90. The van der Waals surface area contributed by atoms with E-state index in [-0.39, 0.29) is 67.4 Å². The highest BCUT2D eigenvalue weighted by Gasteiger charge is 2.31. The molecule has 0 saturated heterocycles. The lowest BCUT2D eigenvalue weighted by atomic mass is 9.93. The largest absolute Gasteiger partial charge is 0.493 e. The van der Waals surface area contributed by atoms with E-state index in [1.54, 1.807) is 11.0 Å². The van der Waals surface area contributed by atoms with Crippen LogP contribution in [0.5, 0.6) is 23.0 Å². The molecule has 0 fully saturated rings. The number of hydrogen-bond donors (Lipinski definition) is 1. The van der Waals surface area contributed by atoms with Crippen molar-refractivity contribution >= 4 is 11.9 Å². The van der Waals surface area contributed by atoms with E-state index in [0.29, 0.717) is 22.8 Å². The van der Waals surface area contributed by atoms with Crippen LogP contribution in [0.3, 0.4) is 0 Å². The van der Waals surface area contributed by atoms with E-state index >= 15 is 0 Å². The summed E-state index contributed by atoms with van der Waals surface area (Å²) in [4.78, 5) is 21.5. The van der Waals surface area contributed by atoms with Gasteiger partial charge in [0.25, 0.3) is 0 Å². The number of alkyl halides is 4. The Morgan fingerprint density at radius 1 is 0.863 bits per heavy atom. The summed E-state index contributed by atoms with van der Waals surface area (Å²) >= 11 is 0. The Balaban J connectivity index is 1.87. The first-order chi connectivity index (χ1) is 24.2. The van der Waals surface area contributed by atoms with Crippen LogP contribution in [-0.4, -0.2) is 48.0 Å². The number of halogens is 4. The summed E-state index contributed by atoms with van der Waals surface area (Å²) < 4.78 is 78.6. The molecule has 51 heavy (non-hydrogen) atoms. The standard InChI is InChI=1S/C38H43F4N3O6/c1-23(2)27-9-10-33(51-24(3)4)32(15-27)31-17-35(49-6)34(48-5)16-28(31)22-45(21-26-12-25(18-39)13-29(14-26)38(40,41)42)37-43-19-30(20-44-37)50-11-7-8-36(46)47/h9-10,12-17,19-20,23-24H,7-8,11,18,21-22H2,1-6H3,(H,46,47). The predicted octanol–water partition coefficient (Wildman–Crippen LogP) is 9.01. The number of anilines is 1. The highest BCUT2D eigenvalue weighted by molar-refractivity contribution is 5.77. The summed E-state index contributed by atoms with van der Waals surface area (Å²) in [5.74, 6) is 1.20. The molecule has 0 aliphatic carbocycles. The number of hydrogen-bond acceptors (Lipinski definition) is 8. The van der Waals surface area contributed by atoms with Crippen molar-refractivity contribution in [3.8, 4) is 34.1 Å². The van der Waals surface area contributed by atoms with E-state index < -0.39 is 24.4 Å². The van der Waals surface area contributed by atoms with E-state index in [1.807, 2.05) is 38.1 Å². The van der Waals surface area contributed by atoms with E-state index in [4.69, 9.17) is 24.1 Å². The fraction of sp³-hybridized carbons (Fsp3) is 0.395. The third kappa shape index (κ3) is 10.5. The number of ether oxygens (including phenoxy) is 4. The molecule has 274 valence electrons. The van der Waals surface area contributed by atoms with Crippen molar-refractivity contribution < 1.29 is 46.4 Å². The van der Waals surface area contributed by atoms with Crippen LogP contribution in [0, 0.1) is 0 Å². The molecule has 9 nitrogen and oxygen atoms in total. The van der Waals surface area contributed by atoms with Crippen LogP contribution >= 0.6 is 0 Å². The van der Waals surface area contributed by atoms with Crippen LogP contribution in [0.4, 0.5) is 23.5 Å². The minimum Gasteiger partial charge on any atom is -0.493 e. The summed E-state index contributed by atoms with van der Waals surface area (Å²) in [5, 5.41) is 8.90. The normalized spacial score (nSPS) is 11.5. The highest BCUT2D eigenvalue weighted by Crippen LogP contribution is 2.42. The van der Waals surface area contributed by atoms with Crippen molar-refractivity contribution in [2.75, 3.05) is 25.7 Å². The lowest BCUT2D eigenvalue weighted by Gasteiger charge is -2.26. The summed E-state index contributed by atoms with van der Waals surface area (Å²) in [6.45, 7) is 7.01. The summed E-state index contributed by atoms with van der Waals surface area (Å²) in [7, 11) is 3.03. The number of benzene rings is 3. The van der Waals surface area contributed by atoms with Gasteiger partial charge >= 0.3 is 12.1 Å². The Bertz CT molecular complexity index is 1780. The number of aromatic nitrogens is 2. The van der Waals surface area contributed by atoms with Gasteiger partial charge in [0.1, 0.15) is 12.4 Å². The maximum absolute atomic E-state index is 13.9. The molecule has 0 aliphatic rings. The molecule has 0 unspecified atom stereocenters. The Kier molecular flexibility index (Phi) is 13.1. The van der Waals surface area contributed by atoms with Crippen molar-refractivity contribution in [1.82, 2.24) is 9.97 Å². The minimum absolute atomic E-state index is 0.0672. The topological polar surface area (TPSA) is 103 Å². The number of rotatable bonds is 17. The van der Waals surface area contributed by atoms with E-state index in [0.717, 1.165) is 28.8 Å². The zero-order valence-electron chi connectivity index (χ0n) is 29.5. The van der Waals surface area contributed by atoms with Crippen molar-refractivity contribution in [2.45, 2.75) is 78.5 Å². The Morgan fingerprint density at radius 2 is 1.53 bits per heavy atom. The molecule has 0 amide bonds. The first-order valence-electron chi connectivity index (χ1n) is 16.5. The van der Waals surface area contributed by atoms with Gasteiger partial charge in [0.2, 0.25) is 5.95 Å². The lowest BCUT2D eigenvalue weighted by molar-refractivity contribution is -0.138. The minimum atomic E-state index is -4.69. The Morgan fingerprint density at radius 3 is 2.12 bits per heavy atom. The predicted molar refractivity (Wildman–Crippen MR) is 185 cm³/mol. The molecule has 0 bridgehead atoms. The van der Waals surface area contributed by atoms with E-state index in [1.165, 1.54) is 32.7 Å². The first-order valence-corrected chi connectivity index (χ1v) is 16.5. The van der Waals surface area contributed by atoms with Crippen LogP contribution in [0.1, 0.15) is 74.3 Å². The Hall–Kier alpha value is -5.07. The molecule has 0 spiro atoms. The molecule has 0 aliphatic heterocycles. The van der Waals surface area contributed by atoms with Gasteiger partial charge in [0.05, 0.1) is 44.9 Å². The fourth-order valence-electron chi connectivity index (χ4n) is 5.46. The molecule has 4 aromatic rings. The number of aliphatic carboxylic acids is 1. The van der Waals surface area contributed by atoms with Crippen LogP contribution < -0.4 is 23.8 Å². The van der Waals surface area contributed by atoms with Gasteiger partial charge in [-0.25, -0.2) is 14.4 Å². The SMILES string of the molecule is COc1cc(CN(Cc2cc(CF)cc(C(F)(F)F)c2)c2ncc(OCCCC(=O)O)cn2)c(-c2cc(C(C)C)ccc2OC(C)C)cc1OC. The second kappa shape index (κ2) is 17.2. The van der Waals surface area contributed by atoms with Crippen molar-refractivity contribution in [2.24, 2.45) is 0 Å². The summed E-state index contributed by atoms with van der Waals surface area (Å²) in [6.07, 6.45) is -1.80. The quantitative estimate of drug-likeness (QED) is 0.0848. The molecule has 13 heteroatoms. The van der Waals surface area contributed by atoms with E-state index in [2.05, 4.69) is 23.8 Å². The maximum Gasteiger partial charge on any atom is 0.416 e. The molecule has 0 radical (unpaired) electrons. The zero-order valence-corrected chi connectivity index (χ0v) is 29.5. The molecule has 1 aromatic heterocycles. The molecular formula is C38H43F4N3O6. The van der Waals surface area contributed by atoms with Gasteiger partial charge in [0.15, 0.2) is 17.2 Å². The van der Waals surface area contributed by atoms with Crippen LogP contribution in [0.15, 0.2) is 60.9 Å². The Labute approximate surface area is 295 Å². The third-order valence-corrected chi connectivity index (χ3v) is 7.90. The maximum atomic E-state index is 13.9. The molecule has 0 saturated carbocycles. The fourth-order valence-corrected chi connectivity index (χ4v) is 5.46. The molecule has 1 heterocycles. The van der Waals surface area contributed by atoms with Gasteiger partial charge in [-0.3, -0.25) is 4.79 Å². The smallest absolute Gasteiger partial charge is 0.416 e. The second-order valence-electron chi connectivity index (χ2n) is 12.5. The molecular weight excluding hydrogens is 670 g/mol. The van der Waals surface area contributed by atoms with Gasteiger partial charge in [-0.1, -0.05) is 26.0 Å². The van der Waals surface area contributed by atoms with Gasteiger partial charge in [-0.05, 0) is 90.4 Å². The van der Waals surface area contributed by atoms with Crippen molar-refractivity contribution in [1.29, 1.82) is 0 Å². The number of nitrogens with zero attached hydrogens (tertiary/aromatic N) is 3. The monoisotopic (exact) mass is 713 g/mol. The van der Waals surface area contributed by atoms with Crippen LogP contribution in [0.2, 0.25) is 0 Å². The van der Waals surface area contributed by atoms with Crippen LogP contribution in [-0.2, 0) is 30.7 Å². The molecule has 4 rings (SSSR count). The van der Waals surface area contributed by atoms with Gasteiger partial charge in [0, 0.05) is 25.1 Å². The van der Waals surface area contributed by atoms with Gasteiger partial charge in [-0.2, -0.15) is 13.2 Å². The first kappa shape index (κ1) is 38.7. The van der Waals surface area contributed by atoms with Crippen LogP contribution in [0.25, 0.3) is 11.1 Å². The molecule has 3 aromatic carbocycles. The molecule has 0 atom stereocenters. The second-order valence-corrected chi connectivity index (χ2v) is 12.5. The number of carboxylic acid groups (broad SMARTS) is 1. The van der Waals surface area contributed by atoms with E-state index in [9.17, 15) is 22.4 Å². The highest BCUT2D eigenvalue weighted by atomic mass is 19.4. The zero-order chi connectivity index (χ0) is 37.3. The summed E-state index contributed by atoms with van der Waals surface area (Å²) in [5.41, 5.74) is 2.37. The lowest BCUT2D eigenvalue weighted by Crippen LogP contribution is -2.25. The molecule has 1 N–H and O–H groups in total. The van der Waals surface area contributed by atoms with Crippen molar-refractivity contribution in [3.05, 3.63) is 88.7 Å². The number of carbonyl (C=O) groups is 1. The van der Waals surface area contributed by atoms with Crippen molar-refractivity contribution in [3.63, 3.8) is 0 Å². The number of carboxylic acids is 1. The average molecular weight is 714 g/mol. The summed E-state index contributed by atoms with van der Waals surface area (Å²) in [6, 6.07) is 12.8. The number of methoxy groups -OCH3 is 2. The van der Waals surface area contributed by atoms with Gasteiger partial charge in [-0.15, -0.1) is 0 Å². The van der Waals surface area contributed by atoms with Gasteiger partial charge < -0.3 is 29.0 Å². The average Bonchev–Trinajstić information content (AvgIpc) is 3.09.